The number of ether oxygens (including phenoxy) is 2. The number of imidazole rings is 1. The monoisotopic (exact) mass is 626 g/mol. The number of aliphatic hydroxyl groups is 1. The molecule has 3 heterocycles. The Morgan fingerprint density at radius 1 is 1.22 bits per heavy atom. The van der Waals surface area contributed by atoms with Gasteiger partial charge in [-0.3, -0.25) is 19.7 Å². The van der Waals surface area contributed by atoms with Crippen molar-refractivity contribution in [3.8, 4) is 5.88 Å². The number of hydrogen-bond donors (Lipinski definition) is 4. The van der Waals surface area contributed by atoms with E-state index in [1.165, 1.54) is 47.3 Å². The molecule has 0 saturated heterocycles. The Morgan fingerprint density at radius 2 is 2.02 bits per heavy atom. The number of pyridine rings is 1. The Kier molecular flexibility index (Phi) is 11.0. The van der Waals surface area contributed by atoms with Crippen LogP contribution in [0.1, 0.15) is 24.2 Å². The maximum atomic E-state index is 14.0. The zero-order valence-corrected chi connectivity index (χ0v) is 24.7. The van der Waals surface area contributed by atoms with E-state index in [0.717, 1.165) is 12.1 Å². The molecule has 4 aromatic rings. The molecular weight excluding hydrogens is 594 g/mol. The number of fused-ring (bicyclic) bond motifs is 1. The summed E-state index contributed by atoms with van der Waals surface area (Å²) in [4.78, 5) is 55.1. The van der Waals surface area contributed by atoms with E-state index < -0.39 is 35.6 Å². The normalized spacial score (nSPS) is 12.8. The first kappa shape index (κ1) is 32.8. The maximum absolute atomic E-state index is 14.0. The summed E-state index contributed by atoms with van der Waals surface area (Å²) < 4.78 is 39.0. The van der Waals surface area contributed by atoms with Gasteiger partial charge >= 0.3 is 0 Å². The lowest BCUT2D eigenvalue weighted by molar-refractivity contribution is -0.129. The Labute approximate surface area is 255 Å². The summed E-state index contributed by atoms with van der Waals surface area (Å²) in [6, 6.07) is 5.17. The van der Waals surface area contributed by atoms with Gasteiger partial charge in [-0.2, -0.15) is 4.98 Å². The number of benzene rings is 1. The SMILES string of the molecule is COC(O)N[C@@H](CC/C=C/C(=O)N(C)C)C(=O)Nc1cccn(Cc2nc3ncnc(OCc4ccc(F)cc4F)c3[nH]2)c1=O. The topological polar surface area (TPSA) is 177 Å². The number of nitrogens with one attached hydrogen (secondary N) is 3. The molecule has 4 N–H and O–H groups in total. The van der Waals surface area contributed by atoms with Crippen molar-refractivity contribution in [2.45, 2.75) is 38.4 Å². The highest BCUT2D eigenvalue weighted by Crippen LogP contribution is 2.21. The molecule has 0 fully saturated rings. The molecule has 0 aliphatic heterocycles. The number of amides is 2. The van der Waals surface area contributed by atoms with Crippen LogP contribution in [0.25, 0.3) is 11.2 Å². The zero-order chi connectivity index (χ0) is 32.5. The van der Waals surface area contributed by atoms with Crippen LogP contribution in [0.15, 0.2) is 59.8 Å². The number of carbonyl (C=O) groups excluding carboxylic acids is 2. The van der Waals surface area contributed by atoms with Crippen LogP contribution in [0.4, 0.5) is 14.5 Å². The number of nitrogens with zero attached hydrogens (tertiary/aromatic N) is 5. The molecule has 0 radical (unpaired) electrons. The number of rotatable bonds is 14. The van der Waals surface area contributed by atoms with Crippen molar-refractivity contribution in [1.29, 1.82) is 0 Å². The average molecular weight is 627 g/mol. The first-order chi connectivity index (χ1) is 21.5. The molecule has 4 rings (SSSR count). The van der Waals surface area contributed by atoms with Crippen LogP contribution in [-0.2, 0) is 27.5 Å². The molecule has 0 bridgehead atoms. The minimum atomic E-state index is -1.44. The van der Waals surface area contributed by atoms with Crippen molar-refractivity contribution >= 4 is 28.7 Å². The van der Waals surface area contributed by atoms with Gasteiger partial charge in [0.1, 0.15) is 41.6 Å². The largest absolute Gasteiger partial charge is 0.471 e. The Bertz CT molecular complexity index is 1740. The molecule has 0 saturated carbocycles. The van der Waals surface area contributed by atoms with Gasteiger partial charge in [0.05, 0.1) is 12.6 Å². The number of carbonyl (C=O) groups is 2. The molecule has 238 valence electrons. The average Bonchev–Trinajstić information content (AvgIpc) is 3.43. The van der Waals surface area contributed by atoms with Crippen molar-refractivity contribution in [3.05, 3.63) is 88.4 Å². The van der Waals surface area contributed by atoms with Gasteiger partial charge in [-0.1, -0.05) is 6.08 Å². The standard InChI is InChI=1S/C29H32F2N8O6/c1-38(2)23(40)9-5-4-7-20(35-29(43)44-3)26(41)34-21-8-6-12-39(28(21)42)14-22-36-24-25(37-22)32-16-33-27(24)45-15-17-10-11-18(30)13-19(17)31/h5-6,8-13,16,20,29,35,43H,4,7,14-15H2,1-3H3,(H,34,41)(H,32,33,36,37)/b9-5+/t20-,29?/m0/s1. The molecule has 0 spiro atoms. The van der Waals surface area contributed by atoms with E-state index in [2.05, 4.69) is 30.6 Å². The Hall–Kier alpha value is -5.06. The molecule has 45 heavy (non-hydrogen) atoms. The van der Waals surface area contributed by atoms with Gasteiger partial charge in [0.15, 0.2) is 5.65 Å². The van der Waals surface area contributed by atoms with Gasteiger partial charge in [0.25, 0.3) is 5.56 Å². The van der Waals surface area contributed by atoms with Crippen molar-refractivity contribution in [1.82, 2.24) is 34.7 Å². The van der Waals surface area contributed by atoms with Gasteiger partial charge in [-0.25, -0.2) is 18.7 Å². The van der Waals surface area contributed by atoms with Gasteiger partial charge < -0.3 is 34.3 Å². The summed E-state index contributed by atoms with van der Waals surface area (Å²) in [7, 11) is 4.48. The zero-order valence-electron chi connectivity index (χ0n) is 24.7. The van der Waals surface area contributed by atoms with Crippen molar-refractivity contribution in [2.75, 3.05) is 26.5 Å². The summed E-state index contributed by atoms with van der Waals surface area (Å²) >= 11 is 0. The number of allylic oxidation sites excluding steroid dienone is 1. The number of aromatic nitrogens is 5. The number of likely N-dealkylation sites (N-methyl/N-ethyl adjacent to an activating group) is 1. The van der Waals surface area contributed by atoms with E-state index in [4.69, 9.17) is 9.47 Å². The molecule has 0 aliphatic rings. The van der Waals surface area contributed by atoms with E-state index in [-0.39, 0.29) is 48.3 Å². The predicted molar refractivity (Wildman–Crippen MR) is 158 cm³/mol. The van der Waals surface area contributed by atoms with Gasteiger partial charge in [-0.05, 0) is 43.2 Å². The maximum Gasteiger partial charge on any atom is 0.274 e. The number of aliphatic hydroxyl groups excluding tert-OH is 1. The van der Waals surface area contributed by atoms with Crippen LogP contribution >= 0.6 is 0 Å². The first-order valence-corrected chi connectivity index (χ1v) is 13.7. The first-order valence-electron chi connectivity index (χ1n) is 13.7. The lowest BCUT2D eigenvalue weighted by atomic mass is 10.1. The van der Waals surface area contributed by atoms with Crippen molar-refractivity contribution in [2.24, 2.45) is 0 Å². The minimum Gasteiger partial charge on any atom is -0.471 e. The predicted octanol–water partition coefficient (Wildman–Crippen LogP) is 1.66. The molecule has 2 amide bonds. The number of H-pyrrole nitrogens is 1. The molecule has 0 aliphatic carbocycles. The fourth-order valence-corrected chi connectivity index (χ4v) is 4.09. The van der Waals surface area contributed by atoms with Crippen molar-refractivity contribution < 1.29 is 33.0 Å². The quantitative estimate of drug-likeness (QED) is 0.119. The summed E-state index contributed by atoms with van der Waals surface area (Å²) in [5, 5.41) is 15.1. The van der Waals surface area contributed by atoms with E-state index >= 15 is 0 Å². The highest BCUT2D eigenvalue weighted by molar-refractivity contribution is 5.94. The molecular formula is C29H32F2N8O6. The molecule has 1 aromatic carbocycles. The number of methoxy groups -OCH3 is 1. The van der Waals surface area contributed by atoms with E-state index in [9.17, 15) is 28.3 Å². The summed E-state index contributed by atoms with van der Waals surface area (Å²) in [6.45, 7) is -0.269. The summed E-state index contributed by atoms with van der Waals surface area (Å²) in [5.41, 5.74) is 0.0980. The minimum absolute atomic E-state index is 0.0271. The third-order valence-corrected chi connectivity index (χ3v) is 6.49. The van der Waals surface area contributed by atoms with Crippen LogP contribution in [0, 0.1) is 11.6 Å². The second kappa shape index (κ2) is 15.1. The van der Waals surface area contributed by atoms with Crippen LogP contribution in [0.2, 0.25) is 0 Å². The number of halogens is 2. The highest BCUT2D eigenvalue weighted by Gasteiger charge is 2.22. The molecule has 1 unspecified atom stereocenters. The van der Waals surface area contributed by atoms with Gasteiger partial charge in [0.2, 0.25) is 24.1 Å². The fourth-order valence-electron chi connectivity index (χ4n) is 4.09. The van der Waals surface area contributed by atoms with E-state index in [0.29, 0.717) is 17.8 Å². The van der Waals surface area contributed by atoms with E-state index in [1.54, 1.807) is 26.2 Å². The van der Waals surface area contributed by atoms with Gasteiger partial charge in [0, 0.05) is 39.0 Å². The number of hydrogen-bond acceptors (Lipinski definition) is 10. The van der Waals surface area contributed by atoms with Crippen LogP contribution in [0.5, 0.6) is 5.88 Å². The molecule has 14 nitrogen and oxygen atoms in total. The van der Waals surface area contributed by atoms with E-state index in [1.807, 2.05) is 0 Å². The lowest BCUT2D eigenvalue weighted by Gasteiger charge is -2.20. The fraction of sp³-hybridized carbons (Fsp3) is 0.310. The smallest absolute Gasteiger partial charge is 0.274 e. The number of anilines is 1. The second-order valence-electron chi connectivity index (χ2n) is 9.95. The van der Waals surface area contributed by atoms with Crippen LogP contribution < -0.4 is 20.9 Å². The van der Waals surface area contributed by atoms with Crippen LogP contribution in [0.3, 0.4) is 0 Å². The summed E-state index contributed by atoms with van der Waals surface area (Å²) in [5.74, 6) is -1.90. The highest BCUT2D eigenvalue weighted by atomic mass is 19.1. The molecule has 16 heteroatoms. The van der Waals surface area contributed by atoms with Gasteiger partial charge in [-0.15, -0.1) is 0 Å². The lowest BCUT2D eigenvalue weighted by Crippen LogP contribution is -2.47. The molecule has 2 atom stereocenters. The summed E-state index contributed by atoms with van der Waals surface area (Å²) in [6.07, 6.45) is 4.76. The third kappa shape index (κ3) is 8.75. The Morgan fingerprint density at radius 3 is 2.76 bits per heavy atom. The number of aromatic amines is 1. The Balaban J connectivity index is 1.47. The third-order valence-electron chi connectivity index (χ3n) is 6.49. The van der Waals surface area contributed by atoms with Crippen molar-refractivity contribution in [3.63, 3.8) is 0 Å². The molecule has 3 aromatic heterocycles. The van der Waals surface area contributed by atoms with Crippen LogP contribution in [-0.4, -0.2) is 80.0 Å². The second-order valence-corrected chi connectivity index (χ2v) is 9.95.